The fourth-order valence-electron chi connectivity index (χ4n) is 1.29. The van der Waals surface area contributed by atoms with Crippen LogP contribution in [-0.4, -0.2) is 18.3 Å². The van der Waals surface area contributed by atoms with Crippen molar-refractivity contribution < 1.29 is 9.53 Å². The number of carbonyl (C=O) groups excluding carboxylic acids is 1. The van der Waals surface area contributed by atoms with Crippen LogP contribution in [0.15, 0.2) is 27.6 Å². The monoisotopic (exact) mass is 317 g/mol. The van der Waals surface area contributed by atoms with E-state index in [0.717, 1.165) is 15.1 Å². The zero-order chi connectivity index (χ0) is 13.0. The molecule has 0 aliphatic rings. The highest BCUT2D eigenvalue weighted by Crippen LogP contribution is 2.34. The molecule has 3 nitrogen and oxygen atoms in total. The van der Waals surface area contributed by atoms with Crippen molar-refractivity contribution in [3.63, 3.8) is 0 Å². The molecule has 0 spiro atoms. The van der Waals surface area contributed by atoms with Gasteiger partial charge in [-0.2, -0.15) is 0 Å². The minimum absolute atomic E-state index is 0.141. The van der Waals surface area contributed by atoms with E-state index >= 15 is 0 Å². The number of rotatable bonds is 4. The normalized spacial score (nSPS) is 14.1. The number of benzene rings is 1. The first-order chi connectivity index (χ1) is 7.95. The quantitative estimate of drug-likeness (QED) is 0.526. The van der Waals surface area contributed by atoms with Gasteiger partial charge in [-0.1, -0.05) is 13.8 Å². The van der Waals surface area contributed by atoms with Crippen LogP contribution in [0, 0.1) is 5.92 Å². The smallest absolute Gasteiger partial charge is 0.309 e. The molecule has 2 unspecified atom stereocenters. The van der Waals surface area contributed by atoms with Crippen molar-refractivity contribution in [1.29, 1.82) is 0 Å². The molecular weight excluding hydrogens is 302 g/mol. The second-order valence-electron chi connectivity index (χ2n) is 3.82. The second-order valence-corrected chi connectivity index (χ2v) is 6.10. The summed E-state index contributed by atoms with van der Waals surface area (Å²) in [6.07, 6.45) is 0. The van der Waals surface area contributed by atoms with E-state index in [0.29, 0.717) is 0 Å². The number of esters is 1. The number of hydrogen-bond acceptors (Lipinski definition) is 4. The highest BCUT2D eigenvalue weighted by molar-refractivity contribution is 9.10. The molecule has 0 aliphatic heterocycles. The van der Waals surface area contributed by atoms with Gasteiger partial charge in [0.05, 0.1) is 13.0 Å². The molecule has 0 aromatic heterocycles. The number of thioether (sulfide) groups is 1. The number of anilines is 1. The third kappa shape index (κ3) is 3.92. The van der Waals surface area contributed by atoms with Gasteiger partial charge in [0, 0.05) is 20.3 Å². The molecule has 0 bridgehead atoms. The SMILES string of the molecule is COC(=O)C(C)C(C)Sc1ccc(N)cc1Br. The maximum Gasteiger partial charge on any atom is 0.309 e. The number of halogens is 1. The van der Waals surface area contributed by atoms with Crippen LogP contribution in [0.25, 0.3) is 0 Å². The van der Waals surface area contributed by atoms with Crippen molar-refractivity contribution in [3.8, 4) is 0 Å². The molecule has 0 saturated carbocycles. The minimum atomic E-state index is -0.184. The van der Waals surface area contributed by atoms with Crippen molar-refractivity contribution in [1.82, 2.24) is 0 Å². The maximum atomic E-state index is 11.4. The molecular formula is C12H16BrNO2S. The summed E-state index contributed by atoms with van der Waals surface area (Å²) in [5.41, 5.74) is 6.39. The Hall–Kier alpha value is -0.680. The molecule has 0 saturated heterocycles. The minimum Gasteiger partial charge on any atom is -0.469 e. The van der Waals surface area contributed by atoms with E-state index in [4.69, 9.17) is 10.5 Å². The molecule has 94 valence electrons. The molecule has 1 aromatic carbocycles. The standard InChI is InChI=1S/C12H16BrNO2S/c1-7(12(15)16-3)8(2)17-11-5-4-9(14)6-10(11)13/h4-8H,14H2,1-3H3. The predicted molar refractivity (Wildman–Crippen MR) is 75.1 cm³/mol. The molecule has 2 atom stereocenters. The van der Waals surface area contributed by atoms with Gasteiger partial charge in [-0.25, -0.2) is 0 Å². The molecule has 2 N–H and O–H groups in total. The first-order valence-corrected chi connectivity index (χ1v) is 6.92. The highest BCUT2D eigenvalue weighted by Gasteiger charge is 2.22. The lowest BCUT2D eigenvalue weighted by molar-refractivity contribution is -0.144. The number of methoxy groups -OCH3 is 1. The van der Waals surface area contributed by atoms with Crippen LogP contribution in [0.3, 0.4) is 0 Å². The molecule has 0 aliphatic carbocycles. The number of nitrogen functional groups attached to an aromatic ring is 1. The Morgan fingerprint density at radius 1 is 1.47 bits per heavy atom. The first-order valence-electron chi connectivity index (χ1n) is 5.25. The maximum absolute atomic E-state index is 11.4. The molecule has 17 heavy (non-hydrogen) atoms. The third-order valence-electron chi connectivity index (χ3n) is 2.55. The van der Waals surface area contributed by atoms with Crippen LogP contribution >= 0.6 is 27.7 Å². The molecule has 0 radical (unpaired) electrons. The average Bonchev–Trinajstić information content (AvgIpc) is 2.30. The molecule has 0 amide bonds. The summed E-state index contributed by atoms with van der Waals surface area (Å²) in [7, 11) is 1.41. The molecule has 1 rings (SSSR count). The largest absolute Gasteiger partial charge is 0.469 e. The van der Waals surface area contributed by atoms with Gasteiger partial charge in [0.25, 0.3) is 0 Å². The van der Waals surface area contributed by atoms with Crippen LogP contribution in [0.1, 0.15) is 13.8 Å². The lowest BCUT2D eigenvalue weighted by Gasteiger charge is -2.18. The van der Waals surface area contributed by atoms with E-state index in [1.807, 2.05) is 32.0 Å². The zero-order valence-corrected chi connectivity index (χ0v) is 12.5. The van der Waals surface area contributed by atoms with E-state index in [1.54, 1.807) is 11.8 Å². The van der Waals surface area contributed by atoms with Gasteiger partial charge in [-0.15, -0.1) is 11.8 Å². The lowest BCUT2D eigenvalue weighted by atomic mass is 10.1. The van der Waals surface area contributed by atoms with Crippen LogP contribution in [0.5, 0.6) is 0 Å². The summed E-state index contributed by atoms with van der Waals surface area (Å²) in [5, 5.41) is 0.141. The van der Waals surface area contributed by atoms with E-state index in [1.165, 1.54) is 7.11 Å². The molecule has 0 heterocycles. The summed E-state index contributed by atoms with van der Waals surface area (Å²) in [6.45, 7) is 3.88. The van der Waals surface area contributed by atoms with Gasteiger partial charge in [0.2, 0.25) is 0 Å². The van der Waals surface area contributed by atoms with Crippen LogP contribution in [0.4, 0.5) is 5.69 Å². The number of nitrogens with two attached hydrogens (primary N) is 1. The average molecular weight is 318 g/mol. The Bertz CT molecular complexity index is 411. The van der Waals surface area contributed by atoms with E-state index in [-0.39, 0.29) is 17.1 Å². The zero-order valence-electron chi connectivity index (χ0n) is 10.1. The molecule has 0 fully saturated rings. The first kappa shape index (κ1) is 14.4. The predicted octanol–water partition coefficient (Wildman–Crippen LogP) is 3.32. The summed E-state index contributed by atoms with van der Waals surface area (Å²) >= 11 is 5.09. The van der Waals surface area contributed by atoms with Gasteiger partial charge in [-0.05, 0) is 34.1 Å². The fraction of sp³-hybridized carbons (Fsp3) is 0.417. The van der Waals surface area contributed by atoms with Crippen molar-refractivity contribution in [2.24, 2.45) is 5.92 Å². The Kier molecular flexibility index (Phi) is 5.33. The Balaban J connectivity index is 2.74. The Morgan fingerprint density at radius 3 is 2.65 bits per heavy atom. The Morgan fingerprint density at radius 2 is 2.12 bits per heavy atom. The number of carbonyl (C=O) groups is 1. The van der Waals surface area contributed by atoms with Gasteiger partial charge < -0.3 is 10.5 Å². The van der Waals surface area contributed by atoms with Crippen molar-refractivity contribution >= 4 is 39.3 Å². The van der Waals surface area contributed by atoms with Gasteiger partial charge in [0.15, 0.2) is 0 Å². The summed E-state index contributed by atoms with van der Waals surface area (Å²) in [4.78, 5) is 12.5. The van der Waals surface area contributed by atoms with Crippen LogP contribution in [0.2, 0.25) is 0 Å². The van der Waals surface area contributed by atoms with Gasteiger partial charge in [-0.3, -0.25) is 4.79 Å². The summed E-state index contributed by atoms with van der Waals surface area (Å²) in [6, 6.07) is 5.66. The van der Waals surface area contributed by atoms with Crippen LogP contribution in [-0.2, 0) is 9.53 Å². The lowest BCUT2D eigenvalue weighted by Crippen LogP contribution is -2.21. The van der Waals surface area contributed by atoms with Crippen molar-refractivity contribution in [3.05, 3.63) is 22.7 Å². The van der Waals surface area contributed by atoms with Gasteiger partial charge >= 0.3 is 5.97 Å². The second kappa shape index (κ2) is 6.31. The van der Waals surface area contributed by atoms with E-state index in [2.05, 4.69) is 15.9 Å². The van der Waals surface area contributed by atoms with Crippen molar-refractivity contribution in [2.75, 3.05) is 12.8 Å². The van der Waals surface area contributed by atoms with E-state index < -0.39 is 0 Å². The topological polar surface area (TPSA) is 52.3 Å². The fourth-order valence-corrected chi connectivity index (χ4v) is 3.00. The Labute approximate surface area is 114 Å². The number of hydrogen-bond donors (Lipinski definition) is 1. The highest BCUT2D eigenvalue weighted by atomic mass is 79.9. The van der Waals surface area contributed by atoms with Crippen molar-refractivity contribution in [2.45, 2.75) is 24.0 Å². The summed E-state index contributed by atoms with van der Waals surface area (Å²) in [5.74, 6) is -0.328. The molecule has 5 heteroatoms. The third-order valence-corrected chi connectivity index (χ3v) is 4.85. The summed E-state index contributed by atoms with van der Waals surface area (Å²) < 4.78 is 5.69. The van der Waals surface area contributed by atoms with Gasteiger partial charge in [0.1, 0.15) is 0 Å². The van der Waals surface area contributed by atoms with Crippen LogP contribution < -0.4 is 5.73 Å². The number of ether oxygens (including phenoxy) is 1. The van der Waals surface area contributed by atoms with E-state index in [9.17, 15) is 4.79 Å². The molecule has 1 aromatic rings.